The molecule has 2 rings (SSSR count). The van der Waals surface area contributed by atoms with E-state index >= 15 is 0 Å². The average molecular weight is 303 g/mol. The molecule has 0 spiro atoms. The largest absolute Gasteiger partial charge is 0.486 e. The van der Waals surface area contributed by atoms with E-state index in [1.807, 2.05) is 19.1 Å². The first kappa shape index (κ1) is 15.5. The molecule has 0 aliphatic heterocycles. The molecule has 0 unspecified atom stereocenters. The molecule has 0 fully saturated rings. The molecular formula is C16H21N3OS. The molecule has 1 aromatic heterocycles. The summed E-state index contributed by atoms with van der Waals surface area (Å²) in [5, 5.41) is 8.50. The topological polar surface area (TPSA) is 72.0 Å². The zero-order valence-electron chi connectivity index (χ0n) is 12.9. The number of aromatic nitrogens is 1. The minimum Gasteiger partial charge on any atom is -0.486 e. The van der Waals surface area contributed by atoms with Crippen molar-refractivity contribution >= 4 is 17.2 Å². The quantitative estimate of drug-likeness (QED) is 0.652. The molecule has 2 aromatic rings. The van der Waals surface area contributed by atoms with E-state index in [1.165, 1.54) is 16.9 Å². The van der Waals surface area contributed by atoms with Crippen LogP contribution in [-0.2, 0) is 6.61 Å². The SMILES string of the molecule is Cc1ccc(OCc2nc(C(C)C)c(C(=N)N)s2)c(C)c1. The van der Waals surface area contributed by atoms with E-state index in [4.69, 9.17) is 15.9 Å². The van der Waals surface area contributed by atoms with Crippen molar-refractivity contribution in [1.29, 1.82) is 5.41 Å². The molecule has 3 N–H and O–H groups in total. The second-order valence-electron chi connectivity index (χ2n) is 5.45. The van der Waals surface area contributed by atoms with E-state index in [2.05, 4.69) is 31.8 Å². The fourth-order valence-corrected chi connectivity index (χ4v) is 3.12. The summed E-state index contributed by atoms with van der Waals surface area (Å²) in [6.07, 6.45) is 0. The Morgan fingerprint density at radius 2 is 2.10 bits per heavy atom. The Labute approximate surface area is 129 Å². The predicted octanol–water partition coefficient (Wildman–Crippen LogP) is 3.75. The number of thiazole rings is 1. The monoisotopic (exact) mass is 303 g/mol. The number of ether oxygens (including phenoxy) is 1. The average Bonchev–Trinajstić information content (AvgIpc) is 2.82. The van der Waals surface area contributed by atoms with Gasteiger partial charge in [-0.05, 0) is 31.4 Å². The highest BCUT2D eigenvalue weighted by atomic mass is 32.1. The minimum absolute atomic E-state index is 0.0777. The number of nitrogens with one attached hydrogen (secondary N) is 1. The van der Waals surface area contributed by atoms with Gasteiger partial charge in [0.15, 0.2) is 0 Å². The van der Waals surface area contributed by atoms with Crippen LogP contribution in [0.25, 0.3) is 0 Å². The summed E-state index contributed by atoms with van der Waals surface area (Å²) in [5.74, 6) is 1.19. The molecule has 0 radical (unpaired) electrons. The van der Waals surface area contributed by atoms with Crippen molar-refractivity contribution in [3.63, 3.8) is 0 Å². The first-order valence-electron chi connectivity index (χ1n) is 6.92. The standard InChI is InChI=1S/C16H21N3OS/c1-9(2)14-15(16(17)18)21-13(19-14)8-20-12-6-5-10(3)7-11(12)4/h5-7,9H,8H2,1-4H3,(H3,17,18). The van der Waals surface area contributed by atoms with Gasteiger partial charge >= 0.3 is 0 Å². The zero-order valence-corrected chi connectivity index (χ0v) is 13.7. The fraction of sp³-hybridized carbons (Fsp3) is 0.375. The number of nitrogen functional groups attached to an aromatic ring is 1. The van der Waals surface area contributed by atoms with E-state index < -0.39 is 0 Å². The van der Waals surface area contributed by atoms with Crippen LogP contribution in [0.4, 0.5) is 0 Å². The number of amidine groups is 1. The number of nitrogens with two attached hydrogens (primary N) is 1. The third-order valence-corrected chi connectivity index (χ3v) is 4.25. The van der Waals surface area contributed by atoms with E-state index in [-0.39, 0.29) is 11.8 Å². The fourth-order valence-electron chi connectivity index (χ4n) is 2.12. The molecule has 0 atom stereocenters. The Morgan fingerprint density at radius 1 is 1.38 bits per heavy atom. The molecule has 0 saturated heterocycles. The highest BCUT2D eigenvalue weighted by Crippen LogP contribution is 2.26. The number of hydrogen-bond donors (Lipinski definition) is 2. The lowest BCUT2D eigenvalue weighted by molar-refractivity contribution is 0.303. The van der Waals surface area contributed by atoms with Gasteiger partial charge in [-0.2, -0.15) is 0 Å². The van der Waals surface area contributed by atoms with Crippen molar-refractivity contribution in [3.8, 4) is 5.75 Å². The van der Waals surface area contributed by atoms with Crippen molar-refractivity contribution < 1.29 is 4.74 Å². The van der Waals surface area contributed by atoms with E-state index in [0.717, 1.165) is 26.9 Å². The molecule has 1 aromatic carbocycles. The van der Waals surface area contributed by atoms with Crippen molar-refractivity contribution in [3.05, 3.63) is 44.9 Å². The molecule has 112 valence electrons. The van der Waals surface area contributed by atoms with Crippen molar-refractivity contribution in [2.24, 2.45) is 5.73 Å². The Morgan fingerprint density at radius 3 is 2.62 bits per heavy atom. The van der Waals surface area contributed by atoms with Gasteiger partial charge in [-0.25, -0.2) is 4.98 Å². The molecule has 0 amide bonds. The lowest BCUT2D eigenvalue weighted by atomic mass is 10.1. The maximum absolute atomic E-state index is 7.64. The number of aryl methyl sites for hydroxylation is 2. The maximum Gasteiger partial charge on any atom is 0.140 e. The first-order chi connectivity index (χ1) is 9.88. The Balaban J connectivity index is 2.17. The van der Waals surface area contributed by atoms with Crippen molar-refractivity contribution in [2.45, 2.75) is 40.2 Å². The molecule has 0 aliphatic rings. The van der Waals surface area contributed by atoms with Gasteiger partial charge in [0.05, 0.1) is 10.6 Å². The smallest absolute Gasteiger partial charge is 0.140 e. The van der Waals surface area contributed by atoms with Crippen LogP contribution in [0, 0.1) is 19.3 Å². The molecule has 5 heteroatoms. The molecule has 0 bridgehead atoms. The molecule has 4 nitrogen and oxygen atoms in total. The van der Waals surface area contributed by atoms with Gasteiger partial charge in [0.25, 0.3) is 0 Å². The Kier molecular flexibility index (Phi) is 4.63. The van der Waals surface area contributed by atoms with Crippen LogP contribution in [0.3, 0.4) is 0 Å². The number of nitrogens with zero attached hydrogens (tertiary/aromatic N) is 1. The first-order valence-corrected chi connectivity index (χ1v) is 7.74. The highest BCUT2D eigenvalue weighted by Gasteiger charge is 2.16. The molecule has 0 aliphatic carbocycles. The molecule has 0 saturated carbocycles. The summed E-state index contributed by atoms with van der Waals surface area (Å²) in [5.41, 5.74) is 8.84. The Bertz CT molecular complexity index is 662. The van der Waals surface area contributed by atoms with E-state index in [1.54, 1.807) is 0 Å². The molecule has 21 heavy (non-hydrogen) atoms. The normalized spacial score (nSPS) is 10.9. The second-order valence-corrected chi connectivity index (χ2v) is 6.53. The van der Waals surface area contributed by atoms with Crippen LogP contribution in [0.1, 0.15) is 46.5 Å². The summed E-state index contributed by atoms with van der Waals surface area (Å²) >= 11 is 1.44. The van der Waals surface area contributed by atoms with Gasteiger partial charge in [0.2, 0.25) is 0 Å². The predicted molar refractivity (Wildman–Crippen MR) is 87.5 cm³/mol. The van der Waals surface area contributed by atoms with Gasteiger partial charge in [0.1, 0.15) is 23.2 Å². The van der Waals surface area contributed by atoms with Gasteiger partial charge in [-0.1, -0.05) is 31.5 Å². The van der Waals surface area contributed by atoms with Crippen LogP contribution < -0.4 is 10.5 Å². The number of benzene rings is 1. The van der Waals surface area contributed by atoms with E-state index in [9.17, 15) is 0 Å². The van der Waals surface area contributed by atoms with Gasteiger partial charge in [-0.15, -0.1) is 11.3 Å². The third-order valence-electron chi connectivity index (χ3n) is 3.17. The summed E-state index contributed by atoms with van der Waals surface area (Å²) in [7, 11) is 0. The van der Waals surface area contributed by atoms with Crippen LogP contribution >= 0.6 is 11.3 Å². The highest BCUT2D eigenvalue weighted by molar-refractivity contribution is 7.13. The number of hydrogen-bond acceptors (Lipinski definition) is 4. The maximum atomic E-state index is 7.64. The third kappa shape index (κ3) is 3.61. The molecule has 1 heterocycles. The van der Waals surface area contributed by atoms with Gasteiger partial charge in [0, 0.05) is 0 Å². The van der Waals surface area contributed by atoms with Crippen molar-refractivity contribution in [1.82, 2.24) is 4.98 Å². The zero-order chi connectivity index (χ0) is 15.6. The van der Waals surface area contributed by atoms with Gasteiger partial charge in [-0.3, -0.25) is 5.41 Å². The summed E-state index contributed by atoms with van der Waals surface area (Å²) in [6.45, 7) is 8.60. The van der Waals surface area contributed by atoms with Crippen LogP contribution in [0.2, 0.25) is 0 Å². The minimum atomic E-state index is 0.0777. The summed E-state index contributed by atoms with van der Waals surface area (Å²) in [6, 6.07) is 6.11. The lowest BCUT2D eigenvalue weighted by Crippen LogP contribution is -2.12. The number of rotatable bonds is 5. The van der Waals surface area contributed by atoms with Crippen LogP contribution in [-0.4, -0.2) is 10.8 Å². The van der Waals surface area contributed by atoms with Crippen molar-refractivity contribution in [2.75, 3.05) is 0 Å². The lowest BCUT2D eigenvalue weighted by Gasteiger charge is -2.08. The summed E-state index contributed by atoms with van der Waals surface area (Å²) in [4.78, 5) is 5.32. The van der Waals surface area contributed by atoms with Gasteiger partial charge < -0.3 is 10.5 Å². The molecular weight excluding hydrogens is 282 g/mol. The Hall–Kier alpha value is -1.88. The summed E-state index contributed by atoms with van der Waals surface area (Å²) < 4.78 is 5.84. The van der Waals surface area contributed by atoms with Crippen LogP contribution in [0.15, 0.2) is 18.2 Å². The second kappa shape index (κ2) is 6.26. The van der Waals surface area contributed by atoms with Crippen LogP contribution in [0.5, 0.6) is 5.75 Å². The van der Waals surface area contributed by atoms with E-state index in [0.29, 0.717) is 6.61 Å².